The number of morpholine rings is 1. The van der Waals surface area contributed by atoms with Gasteiger partial charge in [-0.1, -0.05) is 12.1 Å². The maximum absolute atomic E-state index is 6.01. The number of ether oxygens (including phenoxy) is 2. The van der Waals surface area contributed by atoms with E-state index in [0.29, 0.717) is 6.61 Å². The maximum Gasteiger partial charge on any atom is 0.122 e. The van der Waals surface area contributed by atoms with Crippen LogP contribution in [-0.4, -0.2) is 54.3 Å². The first-order valence-electron chi connectivity index (χ1n) is 9.19. The number of rotatable bonds is 5. The molecular formula is C21H25N3O2. The molecule has 1 N–H and O–H groups in total. The van der Waals surface area contributed by atoms with Crippen LogP contribution in [0.5, 0.6) is 5.75 Å². The molecule has 0 radical (unpaired) electrons. The van der Waals surface area contributed by atoms with Crippen LogP contribution in [0.1, 0.15) is 11.4 Å². The minimum absolute atomic E-state index is 0.708. The van der Waals surface area contributed by atoms with Gasteiger partial charge < -0.3 is 14.5 Å². The highest BCUT2D eigenvalue weighted by molar-refractivity contribution is 5.82. The van der Waals surface area contributed by atoms with E-state index in [2.05, 4.69) is 58.2 Å². The van der Waals surface area contributed by atoms with Crippen LogP contribution in [-0.2, 0) is 4.74 Å². The highest BCUT2D eigenvalue weighted by atomic mass is 16.5. The van der Waals surface area contributed by atoms with Crippen molar-refractivity contribution < 1.29 is 9.47 Å². The van der Waals surface area contributed by atoms with Crippen molar-refractivity contribution >= 4 is 11.0 Å². The number of hydrogen-bond acceptors (Lipinski definition) is 4. The standard InChI is InChI=1S/C21H25N3O2/c1-15-13-17(18-3-5-19-20(14-18)23-16(2)22-19)4-6-21(15)26-12-9-24-7-10-25-11-8-24/h3-6,13-14H,7-12H2,1-2H3,(H,22,23). The lowest BCUT2D eigenvalue weighted by Crippen LogP contribution is -2.38. The molecule has 26 heavy (non-hydrogen) atoms. The fourth-order valence-corrected chi connectivity index (χ4v) is 3.42. The summed E-state index contributed by atoms with van der Waals surface area (Å²) in [6.45, 7) is 9.38. The van der Waals surface area contributed by atoms with Gasteiger partial charge in [-0.05, 0) is 54.8 Å². The number of aryl methyl sites for hydroxylation is 2. The third-order valence-corrected chi connectivity index (χ3v) is 4.88. The van der Waals surface area contributed by atoms with Crippen LogP contribution in [0.25, 0.3) is 22.2 Å². The van der Waals surface area contributed by atoms with Gasteiger partial charge in [-0.2, -0.15) is 0 Å². The normalized spacial score (nSPS) is 15.5. The van der Waals surface area contributed by atoms with E-state index in [4.69, 9.17) is 9.47 Å². The molecule has 1 saturated heterocycles. The number of imidazole rings is 1. The van der Waals surface area contributed by atoms with Crippen LogP contribution in [0.15, 0.2) is 36.4 Å². The van der Waals surface area contributed by atoms with Gasteiger partial charge in [-0.3, -0.25) is 4.90 Å². The van der Waals surface area contributed by atoms with Crippen LogP contribution >= 0.6 is 0 Å². The molecule has 2 aromatic carbocycles. The lowest BCUT2D eigenvalue weighted by molar-refractivity contribution is 0.0322. The number of H-pyrrole nitrogens is 1. The van der Waals surface area contributed by atoms with Crippen molar-refractivity contribution in [2.24, 2.45) is 0 Å². The molecule has 1 aliphatic heterocycles. The lowest BCUT2D eigenvalue weighted by atomic mass is 10.0. The predicted octanol–water partition coefficient (Wildman–Crippen LogP) is 3.56. The first-order valence-corrected chi connectivity index (χ1v) is 9.19. The number of nitrogens with zero attached hydrogens (tertiary/aromatic N) is 2. The van der Waals surface area contributed by atoms with Gasteiger partial charge >= 0.3 is 0 Å². The van der Waals surface area contributed by atoms with E-state index >= 15 is 0 Å². The molecule has 2 heterocycles. The largest absolute Gasteiger partial charge is 0.492 e. The Labute approximate surface area is 153 Å². The number of fused-ring (bicyclic) bond motifs is 1. The van der Waals surface area contributed by atoms with E-state index < -0.39 is 0 Å². The van der Waals surface area contributed by atoms with Crippen LogP contribution in [0.4, 0.5) is 0 Å². The van der Waals surface area contributed by atoms with Gasteiger partial charge in [0, 0.05) is 19.6 Å². The van der Waals surface area contributed by atoms with E-state index in [1.165, 1.54) is 11.1 Å². The first kappa shape index (κ1) is 17.1. The summed E-state index contributed by atoms with van der Waals surface area (Å²) >= 11 is 0. The molecule has 0 spiro atoms. The Kier molecular flexibility index (Phi) is 4.91. The summed E-state index contributed by atoms with van der Waals surface area (Å²) in [5.74, 6) is 1.90. The maximum atomic E-state index is 6.01. The summed E-state index contributed by atoms with van der Waals surface area (Å²) in [7, 11) is 0. The van der Waals surface area contributed by atoms with Crippen LogP contribution in [0.2, 0.25) is 0 Å². The molecule has 0 unspecified atom stereocenters. The topological polar surface area (TPSA) is 50.4 Å². The van der Waals surface area contributed by atoms with Crippen molar-refractivity contribution in [1.29, 1.82) is 0 Å². The van der Waals surface area contributed by atoms with Crippen molar-refractivity contribution in [2.75, 3.05) is 39.5 Å². The smallest absolute Gasteiger partial charge is 0.122 e. The summed E-state index contributed by atoms with van der Waals surface area (Å²) in [4.78, 5) is 10.2. The van der Waals surface area contributed by atoms with Gasteiger partial charge in [0.15, 0.2) is 0 Å². The monoisotopic (exact) mass is 351 g/mol. The van der Waals surface area contributed by atoms with Crippen molar-refractivity contribution in [3.05, 3.63) is 47.8 Å². The molecule has 0 amide bonds. The SMILES string of the molecule is Cc1nc2ccc(-c3ccc(OCCN4CCOCC4)c(C)c3)cc2[nH]1. The Morgan fingerprint density at radius 3 is 2.65 bits per heavy atom. The second kappa shape index (κ2) is 7.48. The van der Waals surface area contributed by atoms with Crippen LogP contribution in [0, 0.1) is 13.8 Å². The molecule has 0 saturated carbocycles. The highest BCUT2D eigenvalue weighted by Gasteiger charge is 2.10. The average molecular weight is 351 g/mol. The third-order valence-electron chi connectivity index (χ3n) is 4.88. The average Bonchev–Trinajstić information content (AvgIpc) is 3.03. The Morgan fingerprint density at radius 1 is 1.08 bits per heavy atom. The van der Waals surface area contributed by atoms with E-state index in [-0.39, 0.29) is 0 Å². The zero-order valence-corrected chi connectivity index (χ0v) is 15.4. The predicted molar refractivity (Wildman–Crippen MR) is 104 cm³/mol. The van der Waals surface area contributed by atoms with Crippen molar-refractivity contribution in [1.82, 2.24) is 14.9 Å². The summed E-state index contributed by atoms with van der Waals surface area (Å²) in [5.41, 5.74) is 5.61. The molecule has 1 fully saturated rings. The Bertz CT molecular complexity index is 897. The van der Waals surface area contributed by atoms with Gasteiger partial charge in [-0.25, -0.2) is 4.98 Å². The molecule has 4 rings (SSSR count). The minimum atomic E-state index is 0.708. The van der Waals surface area contributed by atoms with Crippen LogP contribution in [0.3, 0.4) is 0 Å². The number of hydrogen-bond donors (Lipinski definition) is 1. The van der Waals surface area contributed by atoms with Crippen molar-refractivity contribution in [3.63, 3.8) is 0 Å². The first-order chi connectivity index (χ1) is 12.7. The second-order valence-corrected chi connectivity index (χ2v) is 6.84. The quantitative estimate of drug-likeness (QED) is 0.764. The number of nitrogens with one attached hydrogen (secondary N) is 1. The molecular weight excluding hydrogens is 326 g/mol. The number of aromatic amines is 1. The molecule has 136 valence electrons. The number of aromatic nitrogens is 2. The molecule has 5 nitrogen and oxygen atoms in total. The molecule has 1 aliphatic rings. The fourth-order valence-electron chi connectivity index (χ4n) is 3.42. The van der Waals surface area contributed by atoms with E-state index in [9.17, 15) is 0 Å². The van der Waals surface area contributed by atoms with Gasteiger partial charge in [-0.15, -0.1) is 0 Å². The van der Waals surface area contributed by atoms with Gasteiger partial charge in [0.2, 0.25) is 0 Å². The van der Waals surface area contributed by atoms with Crippen LogP contribution < -0.4 is 4.74 Å². The van der Waals surface area contributed by atoms with E-state index in [1.54, 1.807) is 0 Å². The zero-order chi connectivity index (χ0) is 17.9. The summed E-state index contributed by atoms with van der Waals surface area (Å²) in [6, 6.07) is 12.7. The van der Waals surface area contributed by atoms with E-state index in [1.807, 2.05) is 6.92 Å². The molecule has 3 aromatic rings. The van der Waals surface area contributed by atoms with E-state index in [0.717, 1.165) is 61.0 Å². The van der Waals surface area contributed by atoms with Gasteiger partial charge in [0.25, 0.3) is 0 Å². The van der Waals surface area contributed by atoms with Gasteiger partial charge in [0.05, 0.1) is 24.2 Å². The second-order valence-electron chi connectivity index (χ2n) is 6.84. The molecule has 1 aromatic heterocycles. The van der Waals surface area contributed by atoms with Crippen molar-refractivity contribution in [3.8, 4) is 16.9 Å². The molecule has 0 bridgehead atoms. The number of benzene rings is 2. The highest BCUT2D eigenvalue weighted by Crippen LogP contribution is 2.28. The summed E-state index contributed by atoms with van der Waals surface area (Å²) in [6.07, 6.45) is 0. The zero-order valence-electron chi connectivity index (χ0n) is 15.4. The third kappa shape index (κ3) is 3.74. The molecule has 0 aliphatic carbocycles. The minimum Gasteiger partial charge on any atom is -0.492 e. The Hall–Kier alpha value is -2.37. The molecule has 0 atom stereocenters. The Balaban J connectivity index is 1.44. The lowest BCUT2D eigenvalue weighted by Gasteiger charge is -2.26. The van der Waals surface area contributed by atoms with Gasteiger partial charge in [0.1, 0.15) is 18.2 Å². The van der Waals surface area contributed by atoms with Crippen molar-refractivity contribution in [2.45, 2.75) is 13.8 Å². The molecule has 5 heteroatoms. The Morgan fingerprint density at radius 2 is 1.85 bits per heavy atom. The summed E-state index contributed by atoms with van der Waals surface area (Å²) in [5, 5.41) is 0. The fraction of sp³-hybridized carbons (Fsp3) is 0.381. The summed E-state index contributed by atoms with van der Waals surface area (Å²) < 4.78 is 11.4.